The van der Waals surface area contributed by atoms with Crippen LogP contribution in [-0.2, 0) is 14.3 Å². The lowest BCUT2D eigenvalue weighted by Gasteiger charge is -2.13. The van der Waals surface area contributed by atoms with Gasteiger partial charge in [-0.1, -0.05) is 48.0 Å². The summed E-state index contributed by atoms with van der Waals surface area (Å²) < 4.78 is 5.81. The van der Waals surface area contributed by atoms with Gasteiger partial charge in [-0.3, -0.25) is 19.7 Å². The maximum Gasteiger partial charge on any atom is 0.326 e. The molecule has 3 N–H and O–H groups in total. The van der Waals surface area contributed by atoms with Crippen molar-refractivity contribution in [3.8, 4) is 0 Å². The molecule has 0 spiro atoms. The summed E-state index contributed by atoms with van der Waals surface area (Å²) in [5.41, 5.74) is 0.500. The zero-order chi connectivity index (χ0) is 22.4. The van der Waals surface area contributed by atoms with E-state index < -0.39 is 36.5 Å². The average molecular weight is 460 g/mol. The molecule has 0 aliphatic heterocycles. The van der Waals surface area contributed by atoms with Gasteiger partial charge >= 0.3 is 12.0 Å². The quantitative estimate of drug-likeness (QED) is 0.488. The molecule has 31 heavy (non-hydrogen) atoms. The van der Waals surface area contributed by atoms with Gasteiger partial charge in [0.05, 0.1) is 5.02 Å². The van der Waals surface area contributed by atoms with Crippen LogP contribution in [0.25, 0.3) is 10.1 Å². The topological polar surface area (TPSA) is 114 Å². The van der Waals surface area contributed by atoms with E-state index in [0.717, 1.165) is 10.1 Å². The SMILES string of the molecule is CC(OC(=O)CNC(=O)c1sc2ccccc2c1Cl)C(=O)NC(=O)Nc1ccccc1. The van der Waals surface area contributed by atoms with E-state index in [1.165, 1.54) is 18.3 Å². The fourth-order valence-electron chi connectivity index (χ4n) is 2.58. The first-order valence-electron chi connectivity index (χ1n) is 9.16. The summed E-state index contributed by atoms with van der Waals surface area (Å²) in [6.45, 7) is 0.852. The van der Waals surface area contributed by atoms with Gasteiger partial charge in [-0.2, -0.15) is 0 Å². The molecule has 0 aliphatic carbocycles. The minimum atomic E-state index is -1.24. The molecule has 0 aliphatic rings. The molecule has 1 heterocycles. The van der Waals surface area contributed by atoms with E-state index in [4.69, 9.17) is 16.3 Å². The standard InChI is InChI=1S/C21H18ClN3O5S/c1-12(19(27)25-21(29)24-13-7-3-2-4-8-13)30-16(26)11-23-20(28)18-17(22)14-9-5-6-10-15(14)31-18/h2-10,12H,11H2,1H3,(H,23,28)(H2,24,25,27,29). The molecule has 3 aromatic rings. The second kappa shape index (κ2) is 10.1. The van der Waals surface area contributed by atoms with Crippen molar-refractivity contribution < 1.29 is 23.9 Å². The molecular weight excluding hydrogens is 442 g/mol. The number of amides is 4. The number of para-hydroxylation sites is 1. The van der Waals surface area contributed by atoms with Crippen molar-refractivity contribution in [1.29, 1.82) is 0 Å². The number of fused-ring (bicyclic) bond motifs is 1. The van der Waals surface area contributed by atoms with E-state index in [2.05, 4.69) is 16.0 Å². The Bertz CT molecular complexity index is 1130. The van der Waals surface area contributed by atoms with Crippen LogP contribution in [0, 0.1) is 0 Å². The van der Waals surface area contributed by atoms with Crippen LogP contribution in [0.3, 0.4) is 0 Å². The molecule has 0 radical (unpaired) electrons. The number of ether oxygens (including phenoxy) is 1. The van der Waals surface area contributed by atoms with Gasteiger partial charge in [0.25, 0.3) is 11.8 Å². The number of urea groups is 1. The van der Waals surface area contributed by atoms with Crippen molar-refractivity contribution in [3.63, 3.8) is 0 Å². The Morgan fingerprint density at radius 1 is 1.03 bits per heavy atom. The van der Waals surface area contributed by atoms with Gasteiger partial charge in [0.15, 0.2) is 6.10 Å². The summed E-state index contributed by atoms with van der Waals surface area (Å²) in [7, 11) is 0. The summed E-state index contributed by atoms with van der Waals surface area (Å²) in [4.78, 5) is 48.5. The Labute approximate surface area is 186 Å². The van der Waals surface area contributed by atoms with Crippen LogP contribution < -0.4 is 16.0 Å². The Hall–Kier alpha value is -3.43. The first kappa shape index (κ1) is 22.3. The van der Waals surface area contributed by atoms with Crippen LogP contribution in [-0.4, -0.2) is 36.5 Å². The monoisotopic (exact) mass is 459 g/mol. The van der Waals surface area contributed by atoms with Gasteiger partial charge in [-0.05, 0) is 25.1 Å². The third-order valence-electron chi connectivity index (χ3n) is 4.08. The minimum absolute atomic E-state index is 0.277. The summed E-state index contributed by atoms with van der Waals surface area (Å²) >= 11 is 7.45. The maximum absolute atomic E-state index is 12.4. The van der Waals surface area contributed by atoms with E-state index in [1.807, 2.05) is 18.2 Å². The highest BCUT2D eigenvalue weighted by molar-refractivity contribution is 7.21. The molecule has 0 saturated carbocycles. The van der Waals surface area contributed by atoms with Crippen LogP contribution in [0.2, 0.25) is 5.02 Å². The molecule has 1 aromatic heterocycles. The molecule has 2 aromatic carbocycles. The van der Waals surface area contributed by atoms with E-state index in [-0.39, 0.29) is 4.88 Å². The van der Waals surface area contributed by atoms with Crippen LogP contribution in [0.4, 0.5) is 10.5 Å². The largest absolute Gasteiger partial charge is 0.451 e. The van der Waals surface area contributed by atoms with Crippen molar-refractivity contribution in [2.45, 2.75) is 13.0 Å². The van der Waals surface area contributed by atoms with E-state index in [0.29, 0.717) is 10.7 Å². The average Bonchev–Trinajstić information content (AvgIpc) is 3.09. The number of imide groups is 1. The Balaban J connectivity index is 1.47. The van der Waals surface area contributed by atoms with Gasteiger partial charge in [0, 0.05) is 15.8 Å². The van der Waals surface area contributed by atoms with Crippen molar-refractivity contribution >= 4 is 62.5 Å². The molecule has 0 fully saturated rings. The lowest BCUT2D eigenvalue weighted by atomic mass is 10.2. The summed E-state index contributed by atoms with van der Waals surface area (Å²) in [6, 6.07) is 15.1. The normalized spacial score (nSPS) is 11.4. The van der Waals surface area contributed by atoms with E-state index in [1.54, 1.807) is 36.4 Å². The third kappa shape index (κ3) is 5.80. The predicted octanol–water partition coefficient (Wildman–Crippen LogP) is 3.56. The highest BCUT2D eigenvalue weighted by Gasteiger charge is 2.22. The number of esters is 1. The number of halogens is 1. The van der Waals surface area contributed by atoms with Gasteiger partial charge in [-0.15, -0.1) is 11.3 Å². The summed E-state index contributed by atoms with van der Waals surface area (Å²) in [5.74, 6) is -2.17. The lowest BCUT2D eigenvalue weighted by Crippen LogP contribution is -2.42. The highest BCUT2D eigenvalue weighted by Crippen LogP contribution is 2.34. The number of benzene rings is 2. The molecule has 3 rings (SSSR count). The second-order valence-electron chi connectivity index (χ2n) is 6.37. The molecular formula is C21H18ClN3O5S. The molecule has 8 nitrogen and oxygen atoms in total. The van der Waals surface area contributed by atoms with Gasteiger partial charge in [-0.25, -0.2) is 4.79 Å². The van der Waals surface area contributed by atoms with Gasteiger partial charge < -0.3 is 15.4 Å². The van der Waals surface area contributed by atoms with Gasteiger partial charge in [0.1, 0.15) is 11.4 Å². The van der Waals surface area contributed by atoms with E-state index in [9.17, 15) is 19.2 Å². The van der Waals surface area contributed by atoms with Crippen molar-refractivity contribution in [2.24, 2.45) is 0 Å². The lowest BCUT2D eigenvalue weighted by molar-refractivity contribution is -0.153. The molecule has 10 heteroatoms. The fraction of sp³-hybridized carbons (Fsp3) is 0.143. The van der Waals surface area contributed by atoms with E-state index >= 15 is 0 Å². The smallest absolute Gasteiger partial charge is 0.326 e. The first-order chi connectivity index (χ1) is 14.8. The Morgan fingerprint density at radius 2 is 1.71 bits per heavy atom. The number of carbonyl (C=O) groups excluding carboxylic acids is 4. The third-order valence-corrected chi connectivity index (χ3v) is 5.75. The van der Waals surface area contributed by atoms with Crippen LogP contribution in [0.1, 0.15) is 16.6 Å². The predicted molar refractivity (Wildman–Crippen MR) is 118 cm³/mol. The van der Waals surface area contributed by atoms with Crippen molar-refractivity contribution in [1.82, 2.24) is 10.6 Å². The molecule has 4 amide bonds. The van der Waals surface area contributed by atoms with Crippen LogP contribution >= 0.6 is 22.9 Å². The summed E-state index contributed by atoms with van der Waals surface area (Å²) in [5, 5.41) is 8.03. The minimum Gasteiger partial charge on any atom is -0.451 e. The molecule has 160 valence electrons. The Morgan fingerprint density at radius 3 is 2.42 bits per heavy atom. The highest BCUT2D eigenvalue weighted by atomic mass is 35.5. The fourth-order valence-corrected chi connectivity index (χ4v) is 4.02. The molecule has 0 saturated heterocycles. The number of nitrogens with one attached hydrogen (secondary N) is 3. The molecule has 1 atom stereocenters. The first-order valence-corrected chi connectivity index (χ1v) is 10.4. The number of hydrogen-bond acceptors (Lipinski definition) is 6. The number of thiophene rings is 1. The zero-order valence-electron chi connectivity index (χ0n) is 16.3. The number of rotatable bonds is 6. The maximum atomic E-state index is 12.4. The summed E-state index contributed by atoms with van der Waals surface area (Å²) in [6.07, 6.45) is -1.24. The second-order valence-corrected chi connectivity index (χ2v) is 7.80. The number of anilines is 1. The van der Waals surface area contributed by atoms with Crippen LogP contribution in [0.5, 0.6) is 0 Å². The van der Waals surface area contributed by atoms with Crippen LogP contribution in [0.15, 0.2) is 54.6 Å². The number of hydrogen-bond donors (Lipinski definition) is 3. The van der Waals surface area contributed by atoms with Gasteiger partial charge in [0.2, 0.25) is 0 Å². The van der Waals surface area contributed by atoms with Crippen molar-refractivity contribution in [2.75, 3.05) is 11.9 Å². The molecule has 1 unspecified atom stereocenters. The zero-order valence-corrected chi connectivity index (χ0v) is 17.9. The Kier molecular flexibility index (Phi) is 7.22. The van der Waals surface area contributed by atoms with Crippen molar-refractivity contribution in [3.05, 3.63) is 64.5 Å². The molecule has 0 bridgehead atoms. The number of carbonyl (C=O) groups is 4.